The summed E-state index contributed by atoms with van der Waals surface area (Å²) in [5.41, 5.74) is 0.645. The molecular weight excluding hydrogens is 258 g/mol. The fourth-order valence-corrected chi connectivity index (χ4v) is 2.08. The SMILES string of the molecule is O=C(Nc1n[nH]c(C2CC2)n1)c1onc2ccccc12. The van der Waals surface area contributed by atoms with E-state index in [0.717, 1.165) is 18.7 Å². The maximum absolute atomic E-state index is 12.1. The van der Waals surface area contributed by atoms with Crippen LogP contribution in [0.1, 0.15) is 35.1 Å². The van der Waals surface area contributed by atoms with E-state index in [2.05, 4.69) is 25.7 Å². The van der Waals surface area contributed by atoms with E-state index in [4.69, 9.17) is 4.52 Å². The second-order valence-corrected chi connectivity index (χ2v) is 4.80. The van der Waals surface area contributed by atoms with Crippen molar-refractivity contribution in [2.24, 2.45) is 0 Å². The summed E-state index contributed by atoms with van der Waals surface area (Å²) in [6.07, 6.45) is 2.24. The first-order chi connectivity index (χ1) is 9.81. The van der Waals surface area contributed by atoms with Crippen molar-refractivity contribution in [2.45, 2.75) is 18.8 Å². The van der Waals surface area contributed by atoms with Crippen molar-refractivity contribution in [3.05, 3.63) is 35.9 Å². The molecule has 7 heteroatoms. The van der Waals surface area contributed by atoms with Crippen molar-refractivity contribution in [3.63, 3.8) is 0 Å². The zero-order valence-corrected chi connectivity index (χ0v) is 10.5. The first kappa shape index (κ1) is 11.2. The Labute approximate surface area is 113 Å². The summed E-state index contributed by atoms with van der Waals surface area (Å²) in [5, 5.41) is 13.9. The summed E-state index contributed by atoms with van der Waals surface area (Å²) < 4.78 is 5.09. The summed E-state index contributed by atoms with van der Waals surface area (Å²) >= 11 is 0. The van der Waals surface area contributed by atoms with Gasteiger partial charge >= 0.3 is 0 Å². The van der Waals surface area contributed by atoms with Crippen LogP contribution in [0.5, 0.6) is 0 Å². The lowest BCUT2D eigenvalue weighted by Gasteiger charge is -1.96. The number of hydrogen-bond donors (Lipinski definition) is 2. The van der Waals surface area contributed by atoms with Gasteiger partial charge in [0, 0.05) is 5.92 Å². The van der Waals surface area contributed by atoms with E-state index in [1.165, 1.54) is 0 Å². The highest BCUT2D eigenvalue weighted by Gasteiger charge is 2.27. The van der Waals surface area contributed by atoms with Crippen LogP contribution in [-0.2, 0) is 0 Å². The number of rotatable bonds is 3. The summed E-state index contributed by atoms with van der Waals surface area (Å²) in [5.74, 6) is 1.30. The minimum Gasteiger partial charge on any atom is -0.350 e. The Morgan fingerprint density at radius 3 is 3.05 bits per heavy atom. The molecule has 0 atom stereocenters. The highest BCUT2D eigenvalue weighted by atomic mass is 16.5. The quantitative estimate of drug-likeness (QED) is 0.758. The van der Waals surface area contributed by atoms with Gasteiger partial charge in [-0.15, -0.1) is 5.10 Å². The highest BCUT2D eigenvalue weighted by molar-refractivity contribution is 6.09. The van der Waals surface area contributed by atoms with Gasteiger partial charge in [0.25, 0.3) is 5.91 Å². The maximum atomic E-state index is 12.1. The van der Waals surface area contributed by atoms with Crippen LogP contribution in [0, 0.1) is 0 Å². The number of hydrogen-bond acceptors (Lipinski definition) is 5. The molecule has 0 aliphatic heterocycles. The Balaban J connectivity index is 1.59. The van der Waals surface area contributed by atoms with Crippen molar-refractivity contribution < 1.29 is 9.32 Å². The van der Waals surface area contributed by atoms with Crippen LogP contribution >= 0.6 is 0 Å². The number of amides is 1. The number of carbonyl (C=O) groups is 1. The van der Waals surface area contributed by atoms with Gasteiger partial charge in [-0.1, -0.05) is 17.3 Å². The van der Waals surface area contributed by atoms with Crippen LogP contribution in [0.4, 0.5) is 5.95 Å². The topological polar surface area (TPSA) is 96.7 Å². The minimum absolute atomic E-state index is 0.165. The molecule has 1 fully saturated rings. The number of aromatic amines is 1. The molecule has 0 radical (unpaired) electrons. The van der Waals surface area contributed by atoms with Gasteiger partial charge in [-0.05, 0) is 25.0 Å². The van der Waals surface area contributed by atoms with Crippen LogP contribution in [0.15, 0.2) is 28.8 Å². The molecule has 20 heavy (non-hydrogen) atoms. The summed E-state index contributed by atoms with van der Waals surface area (Å²) in [6.45, 7) is 0. The average molecular weight is 269 g/mol. The normalized spacial score (nSPS) is 14.6. The van der Waals surface area contributed by atoms with Crippen LogP contribution in [0.2, 0.25) is 0 Å². The van der Waals surface area contributed by atoms with E-state index in [-0.39, 0.29) is 11.7 Å². The molecule has 1 aliphatic rings. The zero-order valence-electron chi connectivity index (χ0n) is 10.5. The molecule has 0 unspecified atom stereocenters. The predicted octanol–water partition coefficient (Wildman–Crippen LogP) is 2.08. The van der Waals surface area contributed by atoms with Crippen LogP contribution in [-0.4, -0.2) is 26.2 Å². The summed E-state index contributed by atoms with van der Waals surface area (Å²) in [6, 6.07) is 7.24. The number of nitrogens with zero attached hydrogens (tertiary/aromatic N) is 3. The minimum atomic E-state index is -0.403. The molecule has 1 amide bonds. The molecule has 0 spiro atoms. The monoisotopic (exact) mass is 269 g/mol. The largest absolute Gasteiger partial charge is 0.350 e. The van der Waals surface area contributed by atoms with Gasteiger partial charge in [-0.3, -0.25) is 15.2 Å². The molecule has 1 saturated carbocycles. The standard InChI is InChI=1S/C13H11N5O2/c19-12(10-8-3-1-2-4-9(8)18-20-10)15-13-14-11(16-17-13)7-5-6-7/h1-4,7H,5-6H2,(H2,14,15,16,17,19). The molecular formula is C13H11N5O2. The molecule has 2 N–H and O–H groups in total. The number of fused-ring (bicyclic) bond motifs is 1. The van der Waals surface area contributed by atoms with Crippen molar-refractivity contribution in [1.29, 1.82) is 0 Å². The molecule has 7 nitrogen and oxygen atoms in total. The van der Waals surface area contributed by atoms with Gasteiger partial charge in [0.1, 0.15) is 11.3 Å². The Morgan fingerprint density at radius 2 is 2.20 bits per heavy atom. The van der Waals surface area contributed by atoms with Crippen molar-refractivity contribution >= 4 is 22.8 Å². The Morgan fingerprint density at radius 1 is 1.35 bits per heavy atom. The van der Waals surface area contributed by atoms with E-state index in [0.29, 0.717) is 16.8 Å². The maximum Gasteiger partial charge on any atom is 0.297 e. The second-order valence-electron chi connectivity index (χ2n) is 4.80. The van der Waals surface area contributed by atoms with Crippen LogP contribution < -0.4 is 5.32 Å². The molecule has 1 aliphatic carbocycles. The molecule has 4 rings (SSSR count). The van der Waals surface area contributed by atoms with Crippen LogP contribution in [0.25, 0.3) is 10.9 Å². The smallest absolute Gasteiger partial charge is 0.297 e. The molecule has 1 aromatic carbocycles. The van der Waals surface area contributed by atoms with Gasteiger partial charge < -0.3 is 4.52 Å². The van der Waals surface area contributed by atoms with E-state index < -0.39 is 5.91 Å². The van der Waals surface area contributed by atoms with Gasteiger partial charge in [-0.2, -0.15) is 4.98 Å². The van der Waals surface area contributed by atoms with Gasteiger partial charge in [0.05, 0.1) is 5.39 Å². The number of H-pyrrole nitrogens is 1. The predicted molar refractivity (Wildman–Crippen MR) is 70.3 cm³/mol. The number of carbonyl (C=O) groups excluding carboxylic acids is 1. The average Bonchev–Trinajstić information content (AvgIpc) is 3.06. The van der Waals surface area contributed by atoms with E-state index in [9.17, 15) is 4.79 Å². The number of anilines is 1. The molecule has 3 aromatic rings. The Bertz CT molecular complexity index is 787. The first-order valence-corrected chi connectivity index (χ1v) is 6.39. The van der Waals surface area contributed by atoms with E-state index in [1.807, 2.05) is 12.1 Å². The lowest BCUT2D eigenvalue weighted by molar-refractivity contribution is 0.0989. The third kappa shape index (κ3) is 1.83. The first-order valence-electron chi connectivity index (χ1n) is 6.39. The third-order valence-electron chi connectivity index (χ3n) is 3.28. The van der Waals surface area contributed by atoms with Gasteiger partial charge in [0.2, 0.25) is 11.7 Å². The zero-order chi connectivity index (χ0) is 13.5. The lowest BCUT2D eigenvalue weighted by atomic mass is 10.2. The molecule has 0 bridgehead atoms. The fraction of sp³-hybridized carbons (Fsp3) is 0.231. The van der Waals surface area contributed by atoms with Crippen molar-refractivity contribution in [2.75, 3.05) is 5.32 Å². The lowest BCUT2D eigenvalue weighted by Crippen LogP contribution is -2.12. The van der Waals surface area contributed by atoms with E-state index >= 15 is 0 Å². The van der Waals surface area contributed by atoms with E-state index in [1.54, 1.807) is 12.1 Å². The van der Waals surface area contributed by atoms with Gasteiger partial charge in [-0.25, -0.2) is 0 Å². The molecule has 0 saturated heterocycles. The van der Waals surface area contributed by atoms with Crippen LogP contribution in [0.3, 0.4) is 0 Å². The van der Waals surface area contributed by atoms with Crippen molar-refractivity contribution in [3.8, 4) is 0 Å². The van der Waals surface area contributed by atoms with Crippen molar-refractivity contribution in [1.82, 2.24) is 20.3 Å². The summed E-state index contributed by atoms with van der Waals surface area (Å²) in [4.78, 5) is 16.4. The molecule has 100 valence electrons. The molecule has 2 heterocycles. The second kappa shape index (κ2) is 4.16. The molecule has 2 aromatic heterocycles. The van der Waals surface area contributed by atoms with Gasteiger partial charge in [0.15, 0.2) is 0 Å². The number of benzene rings is 1. The fourth-order valence-electron chi connectivity index (χ4n) is 2.08. The summed E-state index contributed by atoms with van der Waals surface area (Å²) in [7, 11) is 0. The Hall–Kier alpha value is -2.70. The number of aromatic nitrogens is 4. The highest BCUT2D eigenvalue weighted by Crippen LogP contribution is 2.38. The third-order valence-corrected chi connectivity index (χ3v) is 3.28. The Kier molecular flexibility index (Phi) is 2.32. The number of nitrogens with one attached hydrogen (secondary N) is 2.